The Hall–Kier alpha value is -2.55. The van der Waals surface area contributed by atoms with Crippen LogP contribution in [0.1, 0.15) is 47.8 Å². The molecule has 0 radical (unpaired) electrons. The topological polar surface area (TPSA) is 38.3 Å². The summed E-state index contributed by atoms with van der Waals surface area (Å²) in [6, 6.07) is 15.6. The molecule has 2 aromatic carbocycles. The van der Waals surface area contributed by atoms with Crippen LogP contribution in [0.2, 0.25) is 0 Å². The molecule has 0 aliphatic heterocycles. The minimum absolute atomic E-state index is 0.00124. The van der Waals surface area contributed by atoms with E-state index in [4.69, 9.17) is 4.74 Å². The molecule has 0 spiro atoms. The quantitative estimate of drug-likeness (QED) is 0.693. The van der Waals surface area contributed by atoms with E-state index >= 15 is 0 Å². The molecule has 0 bridgehead atoms. The highest BCUT2D eigenvalue weighted by atomic mass is 16.5. The molecule has 3 nitrogen and oxygen atoms in total. The largest absolute Gasteiger partial charge is 0.496 e. The summed E-state index contributed by atoms with van der Waals surface area (Å²) in [5.41, 5.74) is 2.73. The van der Waals surface area contributed by atoms with E-state index in [0.29, 0.717) is 17.9 Å². The third kappa shape index (κ3) is 5.21. The van der Waals surface area contributed by atoms with Gasteiger partial charge in [0.15, 0.2) is 0 Å². The average Bonchev–Trinajstić information content (AvgIpc) is 2.61. The van der Waals surface area contributed by atoms with Crippen LogP contribution in [-0.2, 0) is 6.42 Å². The number of carbonyl (C=O) groups excluding carboxylic acids is 1. The molecule has 0 aliphatic carbocycles. The van der Waals surface area contributed by atoms with Crippen molar-refractivity contribution in [3.63, 3.8) is 0 Å². The number of allylic oxidation sites excluding steroid dienone is 1. The normalized spacial score (nSPS) is 11.8. The van der Waals surface area contributed by atoms with E-state index in [1.807, 2.05) is 36.4 Å². The molecule has 0 saturated heterocycles. The fourth-order valence-corrected chi connectivity index (χ4v) is 2.91. The Kier molecular flexibility index (Phi) is 6.81. The second-order valence-corrected chi connectivity index (χ2v) is 6.59. The van der Waals surface area contributed by atoms with Gasteiger partial charge < -0.3 is 10.1 Å². The zero-order valence-corrected chi connectivity index (χ0v) is 15.3. The van der Waals surface area contributed by atoms with Crippen LogP contribution in [0.3, 0.4) is 0 Å². The Morgan fingerprint density at radius 3 is 2.52 bits per heavy atom. The fraction of sp³-hybridized carbons (Fsp3) is 0.318. The zero-order valence-electron chi connectivity index (χ0n) is 15.3. The Bertz CT molecular complexity index is 707. The number of methoxy groups -OCH3 is 1. The van der Waals surface area contributed by atoms with Gasteiger partial charge >= 0.3 is 0 Å². The second kappa shape index (κ2) is 9.07. The van der Waals surface area contributed by atoms with Gasteiger partial charge in [-0.05, 0) is 48.1 Å². The van der Waals surface area contributed by atoms with Crippen LogP contribution in [0.5, 0.6) is 5.75 Å². The van der Waals surface area contributed by atoms with Gasteiger partial charge in [-0.15, -0.1) is 6.58 Å². The number of hydrogen-bond acceptors (Lipinski definition) is 2. The number of amides is 1. The van der Waals surface area contributed by atoms with Gasteiger partial charge in [0.25, 0.3) is 5.91 Å². The molecule has 1 N–H and O–H groups in total. The molecule has 1 amide bonds. The SMILES string of the molecule is C=CCc1cc(C(=O)N[C@@H](CC(C)C)c2ccccc2)ccc1OC. The Balaban J connectivity index is 2.23. The summed E-state index contributed by atoms with van der Waals surface area (Å²) in [5.74, 6) is 1.19. The summed E-state index contributed by atoms with van der Waals surface area (Å²) < 4.78 is 5.36. The summed E-state index contributed by atoms with van der Waals surface area (Å²) >= 11 is 0. The summed E-state index contributed by atoms with van der Waals surface area (Å²) in [5, 5.41) is 3.18. The van der Waals surface area contributed by atoms with Crippen molar-refractivity contribution in [3.05, 3.63) is 77.9 Å². The molecular formula is C22H27NO2. The van der Waals surface area contributed by atoms with Gasteiger partial charge in [0.1, 0.15) is 5.75 Å². The van der Waals surface area contributed by atoms with Crippen molar-refractivity contribution < 1.29 is 9.53 Å². The van der Waals surface area contributed by atoms with Crippen LogP contribution in [0.25, 0.3) is 0 Å². The molecule has 0 fully saturated rings. The van der Waals surface area contributed by atoms with Gasteiger partial charge in [0, 0.05) is 5.56 Å². The molecule has 0 heterocycles. The molecule has 2 aromatic rings. The Morgan fingerprint density at radius 1 is 1.20 bits per heavy atom. The van der Waals surface area contributed by atoms with Gasteiger partial charge in [-0.2, -0.15) is 0 Å². The Labute approximate surface area is 150 Å². The first-order valence-corrected chi connectivity index (χ1v) is 8.68. The maximum Gasteiger partial charge on any atom is 0.251 e. The molecule has 25 heavy (non-hydrogen) atoms. The first kappa shape index (κ1) is 18.8. The maximum absolute atomic E-state index is 12.8. The van der Waals surface area contributed by atoms with E-state index in [1.54, 1.807) is 13.2 Å². The van der Waals surface area contributed by atoms with Crippen molar-refractivity contribution >= 4 is 5.91 Å². The number of ether oxygens (including phenoxy) is 1. The highest BCUT2D eigenvalue weighted by Crippen LogP contribution is 2.24. The van der Waals surface area contributed by atoms with Crippen LogP contribution in [0.15, 0.2) is 61.2 Å². The first-order chi connectivity index (χ1) is 12.0. The van der Waals surface area contributed by atoms with Crippen molar-refractivity contribution in [2.75, 3.05) is 7.11 Å². The third-order valence-electron chi connectivity index (χ3n) is 4.12. The van der Waals surface area contributed by atoms with Crippen LogP contribution in [0, 0.1) is 5.92 Å². The molecule has 3 heteroatoms. The van der Waals surface area contributed by atoms with Crippen molar-refractivity contribution in [2.24, 2.45) is 5.92 Å². The van der Waals surface area contributed by atoms with Crippen molar-refractivity contribution in [3.8, 4) is 5.75 Å². The molecule has 0 aliphatic rings. The first-order valence-electron chi connectivity index (χ1n) is 8.68. The monoisotopic (exact) mass is 337 g/mol. The molecule has 0 aromatic heterocycles. The van der Waals surface area contributed by atoms with E-state index in [9.17, 15) is 4.79 Å². The van der Waals surface area contributed by atoms with Crippen LogP contribution in [-0.4, -0.2) is 13.0 Å². The van der Waals surface area contributed by atoms with Gasteiger partial charge in [-0.25, -0.2) is 0 Å². The number of benzene rings is 2. The lowest BCUT2D eigenvalue weighted by molar-refractivity contribution is 0.0932. The highest BCUT2D eigenvalue weighted by molar-refractivity contribution is 5.94. The van der Waals surface area contributed by atoms with Gasteiger partial charge in [0.2, 0.25) is 0 Å². The predicted molar refractivity (Wildman–Crippen MR) is 103 cm³/mol. The molecule has 0 unspecified atom stereocenters. The van der Waals surface area contributed by atoms with Gasteiger partial charge in [-0.1, -0.05) is 50.3 Å². The van der Waals surface area contributed by atoms with Crippen LogP contribution < -0.4 is 10.1 Å². The molecule has 132 valence electrons. The molecule has 1 atom stereocenters. The van der Waals surface area contributed by atoms with E-state index in [-0.39, 0.29) is 11.9 Å². The number of carbonyl (C=O) groups is 1. The lowest BCUT2D eigenvalue weighted by atomic mass is 9.96. The summed E-state index contributed by atoms with van der Waals surface area (Å²) in [4.78, 5) is 12.8. The number of hydrogen-bond donors (Lipinski definition) is 1. The molecule has 2 rings (SSSR count). The Morgan fingerprint density at radius 2 is 1.92 bits per heavy atom. The molecular weight excluding hydrogens is 310 g/mol. The fourth-order valence-electron chi connectivity index (χ4n) is 2.91. The lowest BCUT2D eigenvalue weighted by Crippen LogP contribution is -2.29. The summed E-state index contributed by atoms with van der Waals surface area (Å²) in [7, 11) is 1.63. The third-order valence-corrected chi connectivity index (χ3v) is 4.12. The predicted octanol–water partition coefficient (Wildman–Crippen LogP) is 4.94. The minimum Gasteiger partial charge on any atom is -0.496 e. The summed E-state index contributed by atoms with van der Waals surface area (Å²) in [6.45, 7) is 8.10. The van der Waals surface area contributed by atoms with Crippen LogP contribution in [0.4, 0.5) is 0 Å². The number of nitrogens with one attached hydrogen (secondary N) is 1. The van der Waals surface area contributed by atoms with Gasteiger partial charge in [0.05, 0.1) is 13.2 Å². The van der Waals surface area contributed by atoms with Crippen molar-refractivity contribution in [2.45, 2.75) is 32.7 Å². The lowest BCUT2D eigenvalue weighted by Gasteiger charge is -2.21. The smallest absolute Gasteiger partial charge is 0.251 e. The van der Waals surface area contributed by atoms with Gasteiger partial charge in [-0.3, -0.25) is 4.79 Å². The van der Waals surface area contributed by atoms with E-state index < -0.39 is 0 Å². The van der Waals surface area contributed by atoms with E-state index in [2.05, 4.69) is 37.9 Å². The van der Waals surface area contributed by atoms with Crippen LogP contribution >= 0.6 is 0 Å². The van der Waals surface area contributed by atoms with E-state index in [0.717, 1.165) is 23.3 Å². The standard InChI is InChI=1S/C22H27NO2/c1-5-9-18-15-19(12-13-21(18)25-4)22(24)23-20(14-16(2)3)17-10-7-6-8-11-17/h5-8,10-13,15-16,20H,1,9,14H2,2-4H3,(H,23,24)/t20-/m0/s1. The van der Waals surface area contributed by atoms with Crippen molar-refractivity contribution in [1.82, 2.24) is 5.32 Å². The summed E-state index contributed by atoms with van der Waals surface area (Å²) in [6.07, 6.45) is 3.37. The minimum atomic E-state index is -0.0672. The number of rotatable bonds is 8. The van der Waals surface area contributed by atoms with E-state index in [1.165, 1.54) is 0 Å². The maximum atomic E-state index is 12.8. The highest BCUT2D eigenvalue weighted by Gasteiger charge is 2.18. The van der Waals surface area contributed by atoms with Crippen molar-refractivity contribution in [1.29, 1.82) is 0 Å². The zero-order chi connectivity index (χ0) is 18.2. The average molecular weight is 337 g/mol. The second-order valence-electron chi connectivity index (χ2n) is 6.59. The molecule has 0 saturated carbocycles.